The predicted molar refractivity (Wildman–Crippen MR) is 94.0 cm³/mol. The van der Waals surface area contributed by atoms with Crippen molar-refractivity contribution in [3.8, 4) is 0 Å². The van der Waals surface area contributed by atoms with Crippen molar-refractivity contribution in [2.24, 2.45) is 0 Å². The minimum Gasteiger partial charge on any atom is -0.481 e. The quantitative estimate of drug-likeness (QED) is 0.713. The number of hydrogen-bond donors (Lipinski definition) is 3. The van der Waals surface area contributed by atoms with Gasteiger partial charge in [-0.2, -0.15) is 5.10 Å². The number of nitrogens with one attached hydrogen (secondary N) is 2. The molecule has 25 heavy (non-hydrogen) atoms. The van der Waals surface area contributed by atoms with Crippen molar-refractivity contribution >= 4 is 17.6 Å². The summed E-state index contributed by atoms with van der Waals surface area (Å²) >= 11 is 0. The Morgan fingerprint density at radius 3 is 2.64 bits per heavy atom. The third kappa shape index (κ3) is 4.53. The molecule has 0 aliphatic carbocycles. The van der Waals surface area contributed by atoms with Crippen LogP contribution < -0.4 is 10.9 Å². The highest BCUT2D eigenvalue weighted by atomic mass is 16.4. The molecule has 132 valence electrons. The molecule has 7 heteroatoms. The van der Waals surface area contributed by atoms with Crippen LogP contribution in [-0.4, -0.2) is 27.2 Å². The number of amides is 1. The van der Waals surface area contributed by atoms with E-state index in [1.165, 1.54) is 0 Å². The van der Waals surface area contributed by atoms with Crippen molar-refractivity contribution in [1.82, 2.24) is 10.2 Å². The lowest BCUT2D eigenvalue weighted by Crippen LogP contribution is -2.27. The van der Waals surface area contributed by atoms with Crippen LogP contribution in [0, 0.1) is 0 Å². The lowest BCUT2D eigenvalue weighted by atomic mass is 10.0. The molecule has 1 amide bonds. The summed E-state index contributed by atoms with van der Waals surface area (Å²) in [5.74, 6) is -1.37. The van der Waals surface area contributed by atoms with Gasteiger partial charge in [-0.1, -0.05) is 26.0 Å². The average Bonchev–Trinajstić information content (AvgIpc) is 2.59. The molecule has 2 rings (SSSR count). The number of aromatic amines is 1. The Morgan fingerprint density at radius 1 is 1.24 bits per heavy atom. The van der Waals surface area contributed by atoms with Crippen LogP contribution in [0.3, 0.4) is 0 Å². The first-order valence-corrected chi connectivity index (χ1v) is 8.18. The molecule has 0 saturated carbocycles. The number of hydrogen-bond acceptors (Lipinski definition) is 4. The Bertz CT molecular complexity index is 842. The van der Waals surface area contributed by atoms with Crippen LogP contribution >= 0.6 is 0 Å². The highest BCUT2D eigenvalue weighted by Crippen LogP contribution is 2.15. The molecule has 0 bridgehead atoms. The predicted octanol–water partition coefficient (Wildman–Crippen LogP) is 2.16. The SMILES string of the molecule is CCc1n[nH]c(=O)c(C(=O)Nc2cccc(CCC(=O)O)c2)c1CC. The van der Waals surface area contributed by atoms with E-state index in [0.717, 1.165) is 5.56 Å². The number of aryl methyl sites for hydroxylation is 2. The second-order valence-electron chi connectivity index (χ2n) is 5.61. The number of aliphatic carboxylic acids is 1. The Labute approximate surface area is 145 Å². The van der Waals surface area contributed by atoms with Gasteiger partial charge in [-0.15, -0.1) is 0 Å². The summed E-state index contributed by atoms with van der Waals surface area (Å²) in [4.78, 5) is 35.4. The molecule has 0 fully saturated rings. The van der Waals surface area contributed by atoms with E-state index in [1.807, 2.05) is 13.8 Å². The van der Waals surface area contributed by atoms with E-state index >= 15 is 0 Å². The van der Waals surface area contributed by atoms with E-state index in [-0.39, 0.29) is 12.0 Å². The van der Waals surface area contributed by atoms with Gasteiger partial charge >= 0.3 is 5.97 Å². The lowest BCUT2D eigenvalue weighted by Gasteiger charge is -2.11. The summed E-state index contributed by atoms with van der Waals surface area (Å²) in [6.45, 7) is 3.78. The van der Waals surface area contributed by atoms with Crippen LogP contribution in [0.2, 0.25) is 0 Å². The van der Waals surface area contributed by atoms with Crippen LogP contribution in [0.1, 0.15) is 47.4 Å². The zero-order chi connectivity index (χ0) is 18.4. The number of benzene rings is 1. The number of carbonyl (C=O) groups is 2. The Morgan fingerprint density at radius 2 is 2.00 bits per heavy atom. The van der Waals surface area contributed by atoms with Crippen molar-refractivity contribution in [2.45, 2.75) is 39.5 Å². The number of anilines is 1. The van der Waals surface area contributed by atoms with Gasteiger partial charge in [0.2, 0.25) is 0 Å². The third-order valence-corrected chi connectivity index (χ3v) is 3.90. The molecular weight excluding hydrogens is 322 g/mol. The van der Waals surface area contributed by atoms with Crippen LogP contribution in [0.15, 0.2) is 29.1 Å². The standard InChI is InChI=1S/C18H21N3O4/c1-3-13-14(4-2)20-21-18(25)16(13)17(24)19-12-7-5-6-11(10-12)8-9-15(22)23/h5-7,10H,3-4,8-9H2,1-2H3,(H,19,24)(H,21,25)(H,22,23). The number of H-pyrrole nitrogens is 1. The van der Waals surface area contributed by atoms with Gasteiger partial charge in [0.05, 0.1) is 5.69 Å². The van der Waals surface area contributed by atoms with Gasteiger partial charge in [0.1, 0.15) is 5.56 Å². The van der Waals surface area contributed by atoms with Crippen LogP contribution in [0.25, 0.3) is 0 Å². The third-order valence-electron chi connectivity index (χ3n) is 3.90. The molecule has 3 N–H and O–H groups in total. The second kappa shape index (κ2) is 8.23. The topological polar surface area (TPSA) is 112 Å². The minimum absolute atomic E-state index is 0.0151. The molecule has 7 nitrogen and oxygen atoms in total. The zero-order valence-electron chi connectivity index (χ0n) is 14.3. The molecule has 0 spiro atoms. The largest absolute Gasteiger partial charge is 0.481 e. The molecular formula is C18H21N3O4. The van der Waals surface area contributed by atoms with E-state index < -0.39 is 17.4 Å². The molecule has 0 aliphatic rings. The van der Waals surface area contributed by atoms with Crippen LogP contribution in [-0.2, 0) is 24.1 Å². The van der Waals surface area contributed by atoms with E-state index in [1.54, 1.807) is 24.3 Å². The van der Waals surface area contributed by atoms with Gasteiger partial charge in [0, 0.05) is 12.1 Å². The summed E-state index contributed by atoms with van der Waals surface area (Å²) in [5, 5.41) is 17.9. The van der Waals surface area contributed by atoms with Crippen molar-refractivity contribution in [3.05, 3.63) is 57.0 Å². The van der Waals surface area contributed by atoms with Gasteiger partial charge in [0.15, 0.2) is 0 Å². The minimum atomic E-state index is -0.877. The molecule has 0 saturated heterocycles. The lowest BCUT2D eigenvalue weighted by molar-refractivity contribution is -0.136. The van der Waals surface area contributed by atoms with Crippen molar-refractivity contribution < 1.29 is 14.7 Å². The monoisotopic (exact) mass is 343 g/mol. The summed E-state index contributed by atoms with van der Waals surface area (Å²) < 4.78 is 0. The molecule has 1 heterocycles. The first-order valence-electron chi connectivity index (χ1n) is 8.18. The maximum Gasteiger partial charge on any atom is 0.303 e. The fraction of sp³-hybridized carbons (Fsp3) is 0.333. The molecule has 2 aromatic rings. The molecule has 0 radical (unpaired) electrons. The normalized spacial score (nSPS) is 10.5. The fourth-order valence-electron chi connectivity index (χ4n) is 2.69. The second-order valence-corrected chi connectivity index (χ2v) is 5.61. The maximum absolute atomic E-state index is 12.6. The van der Waals surface area contributed by atoms with E-state index in [0.29, 0.717) is 36.2 Å². The molecule has 0 unspecified atom stereocenters. The summed E-state index contributed by atoms with van der Waals surface area (Å²) in [7, 11) is 0. The van der Waals surface area contributed by atoms with Gasteiger partial charge in [-0.05, 0) is 42.5 Å². The molecule has 0 aliphatic heterocycles. The Hall–Kier alpha value is -2.96. The number of carboxylic acids is 1. The first kappa shape index (κ1) is 18.4. The summed E-state index contributed by atoms with van der Waals surface area (Å²) in [5.41, 5.74) is 2.21. The van der Waals surface area contributed by atoms with Crippen LogP contribution in [0.5, 0.6) is 0 Å². The number of nitrogens with zero attached hydrogens (tertiary/aromatic N) is 1. The summed E-state index contributed by atoms with van der Waals surface area (Å²) in [6.07, 6.45) is 1.53. The Kier molecular flexibility index (Phi) is 6.05. The van der Waals surface area contributed by atoms with Crippen LogP contribution in [0.4, 0.5) is 5.69 Å². The average molecular weight is 343 g/mol. The highest BCUT2D eigenvalue weighted by molar-refractivity contribution is 6.05. The van der Waals surface area contributed by atoms with Gasteiger partial charge < -0.3 is 10.4 Å². The van der Waals surface area contributed by atoms with Gasteiger partial charge in [-0.25, -0.2) is 5.10 Å². The van der Waals surface area contributed by atoms with Gasteiger partial charge in [0.25, 0.3) is 11.5 Å². The first-order chi connectivity index (χ1) is 12.0. The van der Waals surface area contributed by atoms with Crippen molar-refractivity contribution in [3.63, 3.8) is 0 Å². The number of carboxylic acid groups (broad SMARTS) is 1. The van der Waals surface area contributed by atoms with Crippen molar-refractivity contribution in [2.75, 3.05) is 5.32 Å². The smallest absolute Gasteiger partial charge is 0.303 e. The number of carbonyl (C=O) groups excluding carboxylic acids is 1. The molecule has 0 atom stereocenters. The van der Waals surface area contributed by atoms with E-state index in [2.05, 4.69) is 15.5 Å². The number of aromatic nitrogens is 2. The Balaban J connectivity index is 2.27. The van der Waals surface area contributed by atoms with Gasteiger partial charge in [-0.3, -0.25) is 14.4 Å². The number of rotatable bonds is 7. The summed E-state index contributed by atoms with van der Waals surface area (Å²) in [6, 6.07) is 6.94. The maximum atomic E-state index is 12.6. The van der Waals surface area contributed by atoms with E-state index in [9.17, 15) is 14.4 Å². The van der Waals surface area contributed by atoms with E-state index in [4.69, 9.17) is 5.11 Å². The zero-order valence-corrected chi connectivity index (χ0v) is 14.3. The molecule has 1 aromatic carbocycles. The highest BCUT2D eigenvalue weighted by Gasteiger charge is 2.19. The van der Waals surface area contributed by atoms with Crippen molar-refractivity contribution in [1.29, 1.82) is 0 Å². The fourth-order valence-corrected chi connectivity index (χ4v) is 2.69. The molecule has 1 aromatic heterocycles.